The summed E-state index contributed by atoms with van der Waals surface area (Å²) in [5, 5.41) is 18.7. The predicted octanol–water partition coefficient (Wildman–Crippen LogP) is 1.69. The third kappa shape index (κ3) is 2.24. The molecule has 2 aromatic rings. The summed E-state index contributed by atoms with van der Waals surface area (Å²) < 4.78 is 13.1. The van der Waals surface area contributed by atoms with Gasteiger partial charge >= 0.3 is 5.97 Å². The standard InChI is InChI=1S/C12H10FNO3/c13-10(12(16)17)11(15)8-3-4-9-7(6-8)2-1-5-14-9/h1-6,10-11,15H,(H,16,17). The Kier molecular flexibility index (Phi) is 3.01. The number of fused-ring (bicyclic) bond motifs is 1. The lowest BCUT2D eigenvalue weighted by Crippen LogP contribution is -2.23. The fourth-order valence-corrected chi connectivity index (χ4v) is 1.58. The van der Waals surface area contributed by atoms with Gasteiger partial charge in [0.2, 0.25) is 6.17 Å². The van der Waals surface area contributed by atoms with Crippen LogP contribution < -0.4 is 0 Å². The lowest BCUT2D eigenvalue weighted by atomic mass is 10.0. The number of benzene rings is 1. The molecule has 1 aromatic carbocycles. The van der Waals surface area contributed by atoms with Crippen molar-refractivity contribution in [2.24, 2.45) is 0 Å². The summed E-state index contributed by atoms with van der Waals surface area (Å²) in [5.41, 5.74) is 0.926. The van der Waals surface area contributed by atoms with Crippen LogP contribution in [0.2, 0.25) is 0 Å². The Balaban J connectivity index is 2.39. The van der Waals surface area contributed by atoms with Crippen LogP contribution in [-0.2, 0) is 4.79 Å². The van der Waals surface area contributed by atoms with E-state index in [0.29, 0.717) is 5.52 Å². The SMILES string of the molecule is O=C(O)C(F)C(O)c1ccc2ncccc2c1. The van der Waals surface area contributed by atoms with Crippen LogP contribution in [0.3, 0.4) is 0 Å². The molecule has 0 radical (unpaired) electrons. The molecule has 0 saturated carbocycles. The van der Waals surface area contributed by atoms with Gasteiger partial charge in [0.1, 0.15) is 6.10 Å². The number of nitrogens with zero attached hydrogens (tertiary/aromatic N) is 1. The average Bonchev–Trinajstić information content (AvgIpc) is 2.36. The number of aromatic nitrogens is 1. The zero-order chi connectivity index (χ0) is 12.4. The van der Waals surface area contributed by atoms with Gasteiger partial charge in [-0.1, -0.05) is 12.1 Å². The van der Waals surface area contributed by atoms with Crippen LogP contribution >= 0.6 is 0 Å². The summed E-state index contributed by atoms with van der Waals surface area (Å²) >= 11 is 0. The highest BCUT2D eigenvalue weighted by Crippen LogP contribution is 2.23. The molecule has 4 nitrogen and oxygen atoms in total. The molecule has 2 rings (SSSR count). The summed E-state index contributed by atoms with van der Waals surface area (Å²) in [5.74, 6) is -1.68. The van der Waals surface area contributed by atoms with E-state index in [1.807, 2.05) is 0 Å². The Hall–Kier alpha value is -2.01. The molecular weight excluding hydrogens is 225 g/mol. The second-order valence-corrected chi connectivity index (χ2v) is 3.64. The van der Waals surface area contributed by atoms with E-state index in [4.69, 9.17) is 5.11 Å². The first-order chi connectivity index (χ1) is 8.09. The molecule has 2 atom stereocenters. The third-order valence-electron chi connectivity index (χ3n) is 2.48. The highest BCUT2D eigenvalue weighted by molar-refractivity contribution is 5.79. The van der Waals surface area contributed by atoms with Gasteiger partial charge in [-0.25, -0.2) is 9.18 Å². The summed E-state index contributed by atoms with van der Waals surface area (Å²) in [6, 6.07) is 8.08. The maximum absolute atomic E-state index is 13.1. The number of carboxylic acids is 1. The number of alkyl halides is 1. The zero-order valence-corrected chi connectivity index (χ0v) is 8.75. The number of aliphatic hydroxyl groups excluding tert-OH is 1. The van der Waals surface area contributed by atoms with Gasteiger partial charge < -0.3 is 10.2 Å². The van der Waals surface area contributed by atoms with Crippen molar-refractivity contribution in [3.05, 3.63) is 42.1 Å². The molecular formula is C12H10FNO3. The van der Waals surface area contributed by atoms with Gasteiger partial charge in [0, 0.05) is 11.6 Å². The van der Waals surface area contributed by atoms with Crippen molar-refractivity contribution in [3.63, 3.8) is 0 Å². The van der Waals surface area contributed by atoms with E-state index in [-0.39, 0.29) is 5.56 Å². The van der Waals surface area contributed by atoms with Crippen molar-refractivity contribution in [1.29, 1.82) is 0 Å². The van der Waals surface area contributed by atoms with E-state index >= 15 is 0 Å². The van der Waals surface area contributed by atoms with Crippen LogP contribution in [0.5, 0.6) is 0 Å². The molecule has 0 bridgehead atoms. The molecule has 0 spiro atoms. The zero-order valence-electron chi connectivity index (χ0n) is 8.75. The molecule has 88 valence electrons. The van der Waals surface area contributed by atoms with Gasteiger partial charge in [-0.3, -0.25) is 4.98 Å². The lowest BCUT2D eigenvalue weighted by Gasteiger charge is -2.12. The third-order valence-corrected chi connectivity index (χ3v) is 2.48. The first-order valence-corrected chi connectivity index (χ1v) is 4.99. The minimum atomic E-state index is -2.33. The van der Waals surface area contributed by atoms with Crippen molar-refractivity contribution in [3.8, 4) is 0 Å². The lowest BCUT2D eigenvalue weighted by molar-refractivity contribution is -0.147. The predicted molar refractivity (Wildman–Crippen MR) is 59.2 cm³/mol. The molecule has 17 heavy (non-hydrogen) atoms. The fraction of sp³-hybridized carbons (Fsp3) is 0.167. The first-order valence-electron chi connectivity index (χ1n) is 4.99. The van der Waals surface area contributed by atoms with Crippen molar-refractivity contribution in [1.82, 2.24) is 4.98 Å². The highest BCUT2D eigenvalue weighted by atomic mass is 19.1. The fourth-order valence-electron chi connectivity index (χ4n) is 1.58. The number of carboxylic acid groups (broad SMARTS) is 1. The van der Waals surface area contributed by atoms with Gasteiger partial charge in [-0.05, 0) is 23.8 Å². The molecule has 0 fully saturated rings. The second kappa shape index (κ2) is 4.47. The van der Waals surface area contributed by atoms with Gasteiger partial charge in [0.15, 0.2) is 0 Å². The molecule has 0 amide bonds. The van der Waals surface area contributed by atoms with Crippen LogP contribution in [-0.4, -0.2) is 27.3 Å². The molecule has 0 aliphatic heterocycles. The largest absolute Gasteiger partial charge is 0.479 e. The Labute approximate surface area is 96.3 Å². The summed E-state index contributed by atoms with van der Waals surface area (Å²) in [6.07, 6.45) is -2.38. The van der Waals surface area contributed by atoms with E-state index in [0.717, 1.165) is 5.39 Å². The topological polar surface area (TPSA) is 70.4 Å². The number of aliphatic hydroxyl groups is 1. The van der Waals surface area contributed by atoms with E-state index in [9.17, 15) is 14.3 Å². The van der Waals surface area contributed by atoms with Crippen LogP contribution in [0, 0.1) is 0 Å². The Bertz CT molecular complexity index is 558. The van der Waals surface area contributed by atoms with Crippen LogP contribution in [0.4, 0.5) is 4.39 Å². The Morgan fingerprint density at radius 2 is 2.12 bits per heavy atom. The molecule has 1 heterocycles. The number of rotatable bonds is 3. The number of aliphatic carboxylic acids is 1. The smallest absolute Gasteiger partial charge is 0.341 e. The maximum atomic E-state index is 13.1. The van der Waals surface area contributed by atoms with Crippen molar-refractivity contribution < 1.29 is 19.4 Å². The second-order valence-electron chi connectivity index (χ2n) is 3.64. The van der Waals surface area contributed by atoms with Gasteiger partial charge in [-0.15, -0.1) is 0 Å². The van der Waals surface area contributed by atoms with Crippen molar-refractivity contribution in [2.75, 3.05) is 0 Å². The summed E-state index contributed by atoms with van der Waals surface area (Å²) in [4.78, 5) is 14.5. The molecule has 0 saturated heterocycles. The Morgan fingerprint density at radius 3 is 2.82 bits per heavy atom. The minimum absolute atomic E-state index is 0.223. The number of carbonyl (C=O) groups is 1. The number of hydrogen-bond donors (Lipinski definition) is 2. The van der Waals surface area contributed by atoms with E-state index < -0.39 is 18.2 Å². The average molecular weight is 235 g/mol. The number of hydrogen-bond acceptors (Lipinski definition) is 3. The number of pyridine rings is 1. The minimum Gasteiger partial charge on any atom is -0.479 e. The highest BCUT2D eigenvalue weighted by Gasteiger charge is 2.27. The molecule has 0 aliphatic rings. The normalized spacial score (nSPS) is 14.5. The molecule has 2 N–H and O–H groups in total. The van der Waals surface area contributed by atoms with Crippen molar-refractivity contribution in [2.45, 2.75) is 12.3 Å². The summed E-state index contributed by atoms with van der Waals surface area (Å²) in [6.45, 7) is 0. The maximum Gasteiger partial charge on any atom is 0.341 e. The van der Waals surface area contributed by atoms with E-state index in [1.54, 1.807) is 24.4 Å². The van der Waals surface area contributed by atoms with Crippen molar-refractivity contribution >= 4 is 16.9 Å². The Morgan fingerprint density at radius 1 is 1.35 bits per heavy atom. The van der Waals surface area contributed by atoms with Crippen LogP contribution in [0.25, 0.3) is 10.9 Å². The van der Waals surface area contributed by atoms with Crippen LogP contribution in [0.1, 0.15) is 11.7 Å². The molecule has 1 aromatic heterocycles. The van der Waals surface area contributed by atoms with Crippen LogP contribution in [0.15, 0.2) is 36.5 Å². The number of halogens is 1. The van der Waals surface area contributed by atoms with E-state index in [2.05, 4.69) is 4.98 Å². The molecule has 2 unspecified atom stereocenters. The monoisotopic (exact) mass is 235 g/mol. The quantitative estimate of drug-likeness (QED) is 0.849. The molecule has 0 aliphatic carbocycles. The molecule has 5 heteroatoms. The summed E-state index contributed by atoms with van der Waals surface area (Å²) in [7, 11) is 0. The van der Waals surface area contributed by atoms with E-state index in [1.165, 1.54) is 12.1 Å². The first kappa shape index (κ1) is 11.5. The van der Waals surface area contributed by atoms with Gasteiger partial charge in [0.25, 0.3) is 0 Å². The van der Waals surface area contributed by atoms with Gasteiger partial charge in [-0.2, -0.15) is 0 Å². The van der Waals surface area contributed by atoms with Gasteiger partial charge in [0.05, 0.1) is 5.52 Å².